The van der Waals surface area contributed by atoms with Crippen LogP contribution < -0.4 is 0 Å². The fraction of sp³-hybridized carbons (Fsp3) is 0.800. The van der Waals surface area contributed by atoms with Gasteiger partial charge >= 0.3 is 0 Å². The Labute approximate surface area is 52.8 Å². The molecule has 1 atom stereocenters. The molecule has 0 N–H and O–H groups in total. The maximum Gasteiger partial charge on any atom is 0.224 e. The lowest BCUT2D eigenvalue weighted by atomic mass is 10.1. The minimum absolute atomic E-state index is 0.209. The van der Waals surface area contributed by atoms with E-state index >= 15 is 0 Å². The molecule has 3 heteroatoms. The van der Waals surface area contributed by atoms with E-state index in [-0.39, 0.29) is 10.8 Å². The molecule has 1 fully saturated rings. The number of hydrogen-bond acceptors (Lipinski definition) is 2. The average molecular weight is 135 g/mol. The van der Waals surface area contributed by atoms with Crippen LogP contribution in [-0.2, 0) is 9.53 Å². The number of halogens is 1. The molecule has 0 bridgehead atoms. The Morgan fingerprint density at radius 2 is 2.50 bits per heavy atom. The minimum atomic E-state index is -0.315. The maximum atomic E-state index is 10.2. The Kier molecular flexibility index (Phi) is 1.29. The van der Waals surface area contributed by atoms with Crippen molar-refractivity contribution in [2.45, 2.75) is 18.9 Å². The Bertz CT molecular complexity index is 118. The summed E-state index contributed by atoms with van der Waals surface area (Å²) >= 11 is 5.08. The summed E-state index contributed by atoms with van der Waals surface area (Å²) in [7, 11) is 0. The SMILES string of the molecule is CC1(CC(=O)Cl)CO1. The van der Waals surface area contributed by atoms with Crippen molar-refractivity contribution in [3.63, 3.8) is 0 Å². The molecule has 0 aromatic carbocycles. The molecule has 1 heterocycles. The van der Waals surface area contributed by atoms with E-state index in [4.69, 9.17) is 16.3 Å². The van der Waals surface area contributed by atoms with E-state index in [0.717, 1.165) is 0 Å². The average Bonchev–Trinajstić information content (AvgIpc) is 2.17. The molecule has 0 aromatic rings. The quantitative estimate of drug-likeness (QED) is 0.416. The summed E-state index contributed by atoms with van der Waals surface area (Å²) in [4.78, 5) is 10.2. The highest BCUT2D eigenvalue weighted by atomic mass is 35.5. The second-order valence-electron chi connectivity index (χ2n) is 2.27. The van der Waals surface area contributed by atoms with E-state index in [1.807, 2.05) is 6.92 Å². The van der Waals surface area contributed by atoms with Crippen molar-refractivity contribution in [3.8, 4) is 0 Å². The summed E-state index contributed by atoms with van der Waals surface area (Å²) < 4.78 is 4.90. The van der Waals surface area contributed by atoms with E-state index in [1.165, 1.54) is 0 Å². The van der Waals surface area contributed by atoms with Gasteiger partial charge in [0.2, 0.25) is 5.24 Å². The maximum absolute atomic E-state index is 10.2. The second-order valence-corrected chi connectivity index (χ2v) is 2.69. The Morgan fingerprint density at radius 1 is 2.00 bits per heavy atom. The zero-order valence-electron chi connectivity index (χ0n) is 4.61. The third-order valence-electron chi connectivity index (χ3n) is 1.15. The Balaban J connectivity index is 2.29. The van der Waals surface area contributed by atoms with Crippen LogP contribution in [0.3, 0.4) is 0 Å². The van der Waals surface area contributed by atoms with Gasteiger partial charge < -0.3 is 4.74 Å². The summed E-state index contributed by atoms with van der Waals surface area (Å²) in [5.74, 6) is 0. The fourth-order valence-electron chi connectivity index (χ4n) is 0.519. The van der Waals surface area contributed by atoms with Crippen LogP contribution in [0.5, 0.6) is 0 Å². The molecule has 0 radical (unpaired) electrons. The van der Waals surface area contributed by atoms with Crippen LogP contribution in [0, 0.1) is 0 Å². The van der Waals surface area contributed by atoms with E-state index in [0.29, 0.717) is 13.0 Å². The summed E-state index contributed by atoms with van der Waals surface area (Å²) in [6.45, 7) is 2.54. The van der Waals surface area contributed by atoms with Crippen molar-refractivity contribution < 1.29 is 9.53 Å². The number of carbonyl (C=O) groups excluding carboxylic acids is 1. The third-order valence-corrected chi connectivity index (χ3v) is 1.28. The molecule has 0 amide bonds. The number of carbonyl (C=O) groups is 1. The molecule has 1 aliphatic rings. The number of epoxide rings is 1. The topological polar surface area (TPSA) is 29.6 Å². The highest BCUT2D eigenvalue weighted by molar-refractivity contribution is 6.63. The molecular formula is C5H7ClO2. The lowest BCUT2D eigenvalue weighted by Gasteiger charge is -1.95. The number of hydrogen-bond donors (Lipinski definition) is 0. The fourth-order valence-corrected chi connectivity index (χ4v) is 0.802. The molecular weight excluding hydrogens is 128 g/mol. The molecule has 1 unspecified atom stereocenters. The first-order valence-corrected chi connectivity index (χ1v) is 2.82. The zero-order valence-corrected chi connectivity index (χ0v) is 5.36. The number of ether oxygens (including phenoxy) is 1. The van der Waals surface area contributed by atoms with Gasteiger partial charge in [-0.05, 0) is 18.5 Å². The predicted octanol–water partition coefficient (Wildman–Crippen LogP) is 0.931. The van der Waals surface area contributed by atoms with Crippen LogP contribution in [-0.4, -0.2) is 17.5 Å². The van der Waals surface area contributed by atoms with Gasteiger partial charge in [0.15, 0.2) is 0 Å². The second kappa shape index (κ2) is 1.71. The van der Waals surface area contributed by atoms with Crippen LogP contribution in [0.1, 0.15) is 13.3 Å². The van der Waals surface area contributed by atoms with Gasteiger partial charge in [-0.15, -0.1) is 0 Å². The third kappa shape index (κ3) is 1.46. The zero-order chi connectivity index (χ0) is 6.20. The van der Waals surface area contributed by atoms with E-state index in [9.17, 15) is 4.79 Å². The standard InChI is InChI=1S/C5H7ClO2/c1-5(3-8-5)2-4(6)7/h2-3H2,1H3. The molecule has 1 rings (SSSR count). The first-order chi connectivity index (χ1) is 3.62. The molecule has 0 spiro atoms. The smallest absolute Gasteiger partial charge is 0.224 e. The lowest BCUT2D eigenvalue weighted by molar-refractivity contribution is -0.112. The van der Waals surface area contributed by atoms with Crippen LogP contribution in [0.15, 0.2) is 0 Å². The van der Waals surface area contributed by atoms with Gasteiger partial charge in [0.1, 0.15) is 0 Å². The van der Waals surface area contributed by atoms with Crippen molar-refractivity contribution in [2.24, 2.45) is 0 Å². The van der Waals surface area contributed by atoms with Gasteiger partial charge in [-0.1, -0.05) is 0 Å². The number of rotatable bonds is 2. The minimum Gasteiger partial charge on any atom is -0.369 e. The van der Waals surface area contributed by atoms with Crippen molar-refractivity contribution in [2.75, 3.05) is 6.61 Å². The van der Waals surface area contributed by atoms with Gasteiger partial charge in [0, 0.05) is 0 Å². The van der Waals surface area contributed by atoms with Crippen LogP contribution >= 0.6 is 11.6 Å². The normalized spacial score (nSPS) is 34.8. The van der Waals surface area contributed by atoms with Gasteiger partial charge in [-0.2, -0.15) is 0 Å². The first kappa shape index (κ1) is 6.05. The molecule has 0 saturated carbocycles. The van der Waals surface area contributed by atoms with Crippen LogP contribution in [0.25, 0.3) is 0 Å². The van der Waals surface area contributed by atoms with Crippen molar-refractivity contribution in [1.82, 2.24) is 0 Å². The molecule has 46 valence electrons. The van der Waals surface area contributed by atoms with Gasteiger partial charge in [-0.3, -0.25) is 4.79 Å². The van der Waals surface area contributed by atoms with E-state index < -0.39 is 0 Å². The molecule has 0 aromatic heterocycles. The molecule has 2 nitrogen and oxygen atoms in total. The summed E-state index contributed by atoms with van der Waals surface area (Å²) in [5.41, 5.74) is -0.209. The molecule has 0 aliphatic carbocycles. The highest BCUT2D eigenvalue weighted by Crippen LogP contribution is 2.30. The summed E-state index contributed by atoms with van der Waals surface area (Å²) in [6, 6.07) is 0. The van der Waals surface area contributed by atoms with Crippen molar-refractivity contribution >= 4 is 16.8 Å². The summed E-state index contributed by atoms with van der Waals surface area (Å²) in [5, 5.41) is -0.315. The van der Waals surface area contributed by atoms with Gasteiger partial charge in [-0.25, -0.2) is 0 Å². The molecule has 8 heavy (non-hydrogen) atoms. The van der Waals surface area contributed by atoms with E-state index in [2.05, 4.69) is 0 Å². The van der Waals surface area contributed by atoms with Crippen molar-refractivity contribution in [3.05, 3.63) is 0 Å². The Hall–Kier alpha value is -0.0800. The lowest BCUT2D eigenvalue weighted by Crippen LogP contribution is -2.07. The highest BCUT2D eigenvalue weighted by Gasteiger charge is 2.40. The van der Waals surface area contributed by atoms with E-state index in [1.54, 1.807) is 0 Å². The van der Waals surface area contributed by atoms with Crippen LogP contribution in [0.2, 0.25) is 0 Å². The monoisotopic (exact) mass is 134 g/mol. The predicted molar refractivity (Wildman–Crippen MR) is 29.8 cm³/mol. The van der Waals surface area contributed by atoms with Gasteiger partial charge in [0.25, 0.3) is 0 Å². The molecule has 1 aliphatic heterocycles. The molecule has 1 saturated heterocycles. The first-order valence-electron chi connectivity index (χ1n) is 2.45. The Morgan fingerprint density at radius 3 is 2.62 bits per heavy atom. The van der Waals surface area contributed by atoms with Crippen molar-refractivity contribution in [1.29, 1.82) is 0 Å². The van der Waals surface area contributed by atoms with Crippen LogP contribution in [0.4, 0.5) is 0 Å². The summed E-state index contributed by atoms with van der Waals surface area (Å²) in [6.07, 6.45) is 0.342. The largest absolute Gasteiger partial charge is 0.369 e. The van der Waals surface area contributed by atoms with Gasteiger partial charge in [0.05, 0.1) is 18.6 Å².